The number of ether oxygens (including phenoxy) is 1. The molecule has 3 rings (SSSR count). The molecule has 0 unspecified atom stereocenters. The Morgan fingerprint density at radius 1 is 1.12 bits per heavy atom. The Morgan fingerprint density at radius 2 is 1.88 bits per heavy atom. The normalized spacial score (nSPS) is 13.8. The number of pyridine rings is 1. The lowest BCUT2D eigenvalue weighted by atomic mass is 10.1. The maximum absolute atomic E-state index is 12.5. The molecule has 0 saturated carbocycles. The lowest BCUT2D eigenvalue weighted by Crippen LogP contribution is -2.40. The van der Waals surface area contributed by atoms with E-state index in [1.165, 1.54) is 6.20 Å². The molecule has 7 nitrogen and oxygen atoms in total. The SMILES string of the molecule is O=C(NC(=S)Nc1cccc(C(=O)N2CCOCC2)c1)c1cccnc1. The highest BCUT2D eigenvalue weighted by atomic mass is 32.1. The van der Waals surface area contributed by atoms with Gasteiger partial charge in [0, 0.05) is 36.7 Å². The molecule has 1 aliphatic rings. The molecule has 134 valence electrons. The highest BCUT2D eigenvalue weighted by Gasteiger charge is 2.18. The predicted octanol–water partition coefficient (Wildman–Crippen LogP) is 1.68. The number of carbonyl (C=O) groups excluding carboxylic acids is 2. The van der Waals surface area contributed by atoms with E-state index in [0.29, 0.717) is 43.1 Å². The topological polar surface area (TPSA) is 83.6 Å². The highest BCUT2D eigenvalue weighted by Crippen LogP contribution is 2.14. The standard InChI is InChI=1S/C18H18N4O3S/c23-16(14-4-2-6-19-12-14)21-18(26)20-15-5-1-3-13(11-15)17(24)22-7-9-25-10-8-22/h1-6,11-12H,7-10H2,(H2,20,21,23,26). The largest absolute Gasteiger partial charge is 0.378 e. The number of thiocarbonyl (C=S) groups is 1. The highest BCUT2D eigenvalue weighted by molar-refractivity contribution is 7.80. The molecular weight excluding hydrogens is 352 g/mol. The van der Waals surface area contributed by atoms with Gasteiger partial charge >= 0.3 is 0 Å². The summed E-state index contributed by atoms with van der Waals surface area (Å²) in [5.41, 5.74) is 1.59. The number of benzene rings is 1. The number of rotatable bonds is 3. The van der Waals surface area contributed by atoms with Gasteiger partial charge in [-0.1, -0.05) is 6.07 Å². The summed E-state index contributed by atoms with van der Waals surface area (Å²) < 4.78 is 5.27. The number of anilines is 1. The minimum absolute atomic E-state index is 0.0535. The van der Waals surface area contributed by atoms with Gasteiger partial charge in [-0.25, -0.2) is 0 Å². The Labute approximate surface area is 156 Å². The summed E-state index contributed by atoms with van der Waals surface area (Å²) in [4.78, 5) is 30.3. The number of hydrogen-bond donors (Lipinski definition) is 2. The predicted molar refractivity (Wildman–Crippen MR) is 101 cm³/mol. The van der Waals surface area contributed by atoms with E-state index in [-0.39, 0.29) is 16.9 Å². The third-order valence-electron chi connectivity index (χ3n) is 3.82. The monoisotopic (exact) mass is 370 g/mol. The van der Waals surface area contributed by atoms with Crippen LogP contribution in [0, 0.1) is 0 Å². The molecule has 1 aromatic carbocycles. The molecule has 1 aliphatic heterocycles. The van der Waals surface area contributed by atoms with Crippen molar-refractivity contribution in [2.24, 2.45) is 0 Å². The molecule has 1 fully saturated rings. The molecule has 1 saturated heterocycles. The van der Waals surface area contributed by atoms with E-state index in [1.54, 1.807) is 47.5 Å². The van der Waals surface area contributed by atoms with Crippen molar-refractivity contribution in [2.45, 2.75) is 0 Å². The van der Waals surface area contributed by atoms with Gasteiger partial charge in [-0.05, 0) is 42.5 Å². The third-order valence-corrected chi connectivity index (χ3v) is 4.02. The first-order chi connectivity index (χ1) is 12.6. The fourth-order valence-corrected chi connectivity index (χ4v) is 2.72. The van der Waals surface area contributed by atoms with E-state index in [2.05, 4.69) is 15.6 Å². The van der Waals surface area contributed by atoms with Crippen LogP contribution in [0.1, 0.15) is 20.7 Å². The Morgan fingerprint density at radius 3 is 2.62 bits per heavy atom. The maximum atomic E-state index is 12.5. The number of nitrogens with one attached hydrogen (secondary N) is 2. The summed E-state index contributed by atoms with van der Waals surface area (Å²) in [7, 11) is 0. The molecule has 2 amide bonds. The van der Waals surface area contributed by atoms with Crippen molar-refractivity contribution in [3.05, 3.63) is 59.9 Å². The molecular formula is C18H18N4O3S. The molecule has 0 bridgehead atoms. The summed E-state index contributed by atoms with van der Waals surface area (Å²) >= 11 is 5.17. The van der Waals surface area contributed by atoms with Crippen molar-refractivity contribution in [3.63, 3.8) is 0 Å². The minimum Gasteiger partial charge on any atom is -0.378 e. The van der Waals surface area contributed by atoms with Crippen molar-refractivity contribution in [1.29, 1.82) is 0 Å². The Balaban J connectivity index is 1.62. The van der Waals surface area contributed by atoms with Crippen molar-refractivity contribution in [2.75, 3.05) is 31.6 Å². The molecule has 2 heterocycles. The number of aromatic nitrogens is 1. The quantitative estimate of drug-likeness (QED) is 0.800. The number of hydrogen-bond acceptors (Lipinski definition) is 5. The van der Waals surface area contributed by atoms with Crippen molar-refractivity contribution >= 4 is 34.8 Å². The van der Waals surface area contributed by atoms with E-state index in [1.807, 2.05) is 0 Å². The fourth-order valence-electron chi connectivity index (χ4n) is 2.51. The van der Waals surface area contributed by atoms with E-state index >= 15 is 0 Å². The minimum atomic E-state index is -0.351. The zero-order valence-corrected chi connectivity index (χ0v) is 14.8. The van der Waals surface area contributed by atoms with Crippen LogP contribution in [0.4, 0.5) is 5.69 Å². The molecule has 8 heteroatoms. The van der Waals surface area contributed by atoms with Crippen LogP contribution in [0.3, 0.4) is 0 Å². The van der Waals surface area contributed by atoms with Crippen LogP contribution in [-0.4, -0.2) is 53.1 Å². The fraction of sp³-hybridized carbons (Fsp3) is 0.222. The first kappa shape index (κ1) is 18.0. The summed E-state index contributed by atoms with van der Waals surface area (Å²) in [5.74, 6) is -0.404. The average molecular weight is 370 g/mol. The van der Waals surface area contributed by atoms with E-state index in [4.69, 9.17) is 17.0 Å². The Kier molecular flexibility index (Phi) is 5.88. The van der Waals surface area contributed by atoms with Gasteiger partial charge in [0.15, 0.2) is 5.11 Å². The zero-order chi connectivity index (χ0) is 18.4. The van der Waals surface area contributed by atoms with Crippen LogP contribution in [0.5, 0.6) is 0 Å². The first-order valence-corrected chi connectivity index (χ1v) is 8.54. The average Bonchev–Trinajstić information content (AvgIpc) is 2.69. The van der Waals surface area contributed by atoms with Crippen molar-refractivity contribution in [3.8, 4) is 0 Å². The lowest BCUT2D eigenvalue weighted by molar-refractivity contribution is 0.0303. The van der Waals surface area contributed by atoms with Gasteiger partial charge in [0.25, 0.3) is 11.8 Å². The number of amides is 2. The van der Waals surface area contributed by atoms with E-state index in [9.17, 15) is 9.59 Å². The molecule has 0 spiro atoms. The molecule has 2 aromatic rings. The summed E-state index contributed by atoms with van der Waals surface area (Å²) in [6.45, 7) is 2.26. The molecule has 0 aliphatic carbocycles. The van der Waals surface area contributed by atoms with Gasteiger partial charge < -0.3 is 15.0 Å². The molecule has 0 atom stereocenters. The second kappa shape index (κ2) is 8.50. The second-order valence-electron chi connectivity index (χ2n) is 5.64. The van der Waals surface area contributed by atoms with Crippen LogP contribution >= 0.6 is 12.2 Å². The van der Waals surface area contributed by atoms with E-state index < -0.39 is 0 Å². The van der Waals surface area contributed by atoms with Gasteiger partial charge in [0.1, 0.15) is 0 Å². The zero-order valence-electron chi connectivity index (χ0n) is 14.0. The Bertz CT molecular complexity index is 807. The van der Waals surface area contributed by atoms with Crippen LogP contribution < -0.4 is 10.6 Å². The van der Waals surface area contributed by atoms with E-state index in [0.717, 1.165) is 0 Å². The molecule has 1 aromatic heterocycles. The smallest absolute Gasteiger partial charge is 0.258 e. The van der Waals surface area contributed by atoms with Crippen molar-refractivity contribution in [1.82, 2.24) is 15.2 Å². The van der Waals surface area contributed by atoms with Crippen LogP contribution in [0.15, 0.2) is 48.8 Å². The third kappa shape index (κ3) is 4.62. The summed E-state index contributed by atoms with van der Waals surface area (Å²) in [6, 6.07) is 10.3. The number of morpholine rings is 1. The van der Waals surface area contributed by atoms with Crippen LogP contribution in [0.2, 0.25) is 0 Å². The van der Waals surface area contributed by atoms with Gasteiger partial charge in [0.2, 0.25) is 0 Å². The van der Waals surface area contributed by atoms with Gasteiger partial charge in [0.05, 0.1) is 18.8 Å². The number of carbonyl (C=O) groups is 2. The maximum Gasteiger partial charge on any atom is 0.258 e. The lowest BCUT2D eigenvalue weighted by Gasteiger charge is -2.27. The Hall–Kier alpha value is -2.84. The van der Waals surface area contributed by atoms with Crippen LogP contribution in [-0.2, 0) is 4.74 Å². The summed E-state index contributed by atoms with van der Waals surface area (Å²) in [5, 5.41) is 5.66. The molecule has 0 radical (unpaired) electrons. The first-order valence-electron chi connectivity index (χ1n) is 8.13. The van der Waals surface area contributed by atoms with Gasteiger partial charge in [-0.2, -0.15) is 0 Å². The number of nitrogens with zero attached hydrogens (tertiary/aromatic N) is 2. The molecule has 2 N–H and O–H groups in total. The van der Waals surface area contributed by atoms with Gasteiger partial charge in [-0.3, -0.25) is 19.9 Å². The van der Waals surface area contributed by atoms with Gasteiger partial charge in [-0.15, -0.1) is 0 Å². The van der Waals surface area contributed by atoms with Crippen LogP contribution in [0.25, 0.3) is 0 Å². The second-order valence-corrected chi connectivity index (χ2v) is 6.04. The molecule has 26 heavy (non-hydrogen) atoms. The van der Waals surface area contributed by atoms with Crippen molar-refractivity contribution < 1.29 is 14.3 Å². The summed E-state index contributed by atoms with van der Waals surface area (Å²) in [6.07, 6.45) is 3.05.